The van der Waals surface area contributed by atoms with Crippen molar-refractivity contribution in [1.29, 1.82) is 0 Å². The van der Waals surface area contributed by atoms with E-state index in [1.165, 1.54) is 0 Å². The summed E-state index contributed by atoms with van der Waals surface area (Å²) in [5.74, 6) is 0.441. The van der Waals surface area contributed by atoms with Gasteiger partial charge in [-0.05, 0) is 50.6 Å². The average Bonchev–Trinajstić information content (AvgIpc) is 2.64. The van der Waals surface area contributed by atoms with Crippen molar-refractivity contribution in [3.05, 3.63) is 48.0 Å². The van der Waals surface area contributed by atoms with E-state index in [2.05, 4.69) is 16.0 Å². The van der Waals surface area contributed by atoms with Crippen LogP contribution in [-0.4, -0.2) is 18.5 Å². The second-order valence-corrected chi connectivity index (χ2v) is 6.79. The Labute approximate surface area is 146 Å². The summed E-state index contributed by atoms with van der Waals surface area (Å²) in [5.41, 5.74) is 2.35. The van der Waals surface area contributed by atoms with E-state index in [9.17, 15) is 9.59 Å². The Morgan fingerprint density at radius 2 is 1.84 bits per heavy atom. The number of carbonyl (C=O) groups is 2. The number of rotatable bonds is 2. The van der Waals surface area contributed by atoms with Crippen LogP contribution in [0.25, 0.3) is 0 Å². The molecule has 2 aromatic rings. The number of anilines is 3. The van der Waals surface area contributed by atoms with E-state index in [-0.39, 0.29) is 18.5 Å². The molecule has 1 aliphatic rings. The fourth-order valence-corrected chi connectivity index (χ4v) is 2.45. The number of urea groups is 1. The largest absolute Gasteiger partial charge is 0.490 e. The quantitative estimate of drug-likeness (QED) is 0.774. The van der Waals surface area contributed by atoms with Crippen molar-refractivity contribution >= 4 is 29.0 Å². The molecule has 0 atom stereocenters. The Balaban J connectivity index is 1.71. The van der Waals surface area contributed by atoms with Gasteiger partial charge in [-0.2, -0.15) is 0 Å². The monoisotopic (exact) mass is 339 g/mol. The summed E-state index contributed by atoms with van der Waals surface area (Å²) in [7, 11) is 0. The molecule has 0 aromatic heterocycles. The van der Waals surface area contributed by atoms with Crippen LogP contribution in [0.5, 0.6) is 5.75 Å². The fraction of sp³-hybridized carbons (Fsp3) is 0.263. The minimum absolute atomic E-state index is 0.0934. The first-order chi connectivity index (χ1) is 11.8. The van der Waals surface area contributed by atoms with Gasteiger partial charge in [0.15, 0.2) is 0 Å². The molecule has 1 aliphatic heterocycles. The Hall–Kier alpha value is -3.02. The molecular formula is C19H21N3O3. The summed E-state index contributed by atoms with van der Waals surface area (Å²) >= 11 is 0. The van der Waals surface area contributed by atoms with Gasteiger partial charge in [0.25, 0.3) is 0 Å². The standard InChI is InChI=1S/C19H21N3O3/c1-12-5-4-6-13(9-12)20-18(24)21-14-7-8-15-16(10-14)25-11-19(2,3)17(23)22-15/h4-10H,11H2,1-3H3,(H,22,23)(H2,20,21,24). The van der Waals surface area contributed by atoms with Crippen molar-refractivity contribution in [2.24, 2.45) is 5.41 Å². The van der Waals surface area contributed by atoms with Crippen LogP contribution in [0.2, 0.25) is 0 Å². The summed E-state index contributed by atoms with van der Waals surface area (Å²) in [4.78, 5) is 24.3. The molecule has 0 fully saturated rings. The van der Waals surface area contributed by atoms with Crippen molar-refractivity contribution in [2.45, 2.75) is 20.8 Å². The third-order valence-corrected chi connectivity index (χ3v) is 3.97. The molecule has 0 radical (unpaired) electrons. The lowest BCUT2D eigenvalue weighted by atomic mass is 9.94. The van der Waals surface area contributed by atoms with Gasteiger partial charge in [-0.1, -0.05) is 12.1 Å². The molecular weight excluding hydrogens is 318 g/mol. The summed E-state index contributed by atoms with van der Waals surface area (Å²) in [6, 6.07) is 12.3. The number of amides is 3. The summed E-state index contributed by atoms with van der Waals surface area (Å²) in [6.07, 6.45) is 0. The van der Waals surface area contributed by atoms with Crippen LogP contribution in [0.1, 0.15) is 19.4 Å². The first kappa shape index (κ1) is 16.8. The van der Waals surface area contributed by atoms with Crippen molar-refractivity contribution in [2.75, 3.05) is 22.6 Å². The SMILES string of the molecule is Cc1cccc(NC(=O)Nc2ccc3c(c2)OCC(C)(C)C(=O)N3)c1. The molecule has 3 N–H and O–H groups in total. The zero-order valence-corrected chi connectivity index (χ0v) is 14.5. The molecule has 0 saturated carbocycles. The highest BCUT2D eigenvalue weighted by atomic mass is 16.5. The molecule has 6 heteroatoms. The van der Waals surface area contributed by atoms with Gasteiger partial charge in [-0.15, -0.1) is 0 Å². The smallest absolute Gasteiger partial charge is 0.323 e. The molecule has 2 aromatic carbocycles. The molecule has 1 heterocycles. The topological polar surface area (TPSA) is 79.5 Å². The van der Waals surface area contributed by atoms with E-state index < -0.39 is 5.41 Å². The Morgan fingerprint density at radius 3 is 2.56 bits per heavy atom. The van der Waals surface area contributed by atoms with Crippen molar-refractivity contribution in [3.63, 3.8) is 0 Å². The number of aryl methyl sites for hydroxylation is 1. The number of hydrogen-bond donors (Lipinski definition) is 3. The molecule has 0 aliphatic carbocycles. The average molecular weight is 339 g/mol. The number of carbonyl (C=O) groups excluding carboxylic acids is 2. The van der Waals surface area contributed by atoms with E-state index in [0.29, 0.717) is 17.1 Å². The van der Waals surface area contributed by atoms with E-state index in [0.717, 1.165) is 11.3 Å². The fourth-order valence-electron chi connectivity index (χ4n) is 2.45. The first-order valence-electron chi connectivity index (χ1n) is 8.06. The van der Waals surface area contributed by atoms with Gasteiger partial charge in [0, 0.05) is 17.4 Å². The van der Waals surface area contributed by atoms with Crippen molar-refractivity contribution in [1.82, 2.24) is 0 Å². The molecule has 25 heavy (non-hydrogen) atoms. The minimum Gasteiger partial charge on any atom is -0.490 e. The lowest BCUT2D eigenvalue weighted by Gasteiger charge is -2.18. The third-order valence-electron chi connectivity index (χ3n) is 3.97. The highest BCUT2D eigenvalue weighted by molar-refractivity contribution is 6.01. The lowest BCUT2D eigenvalue weighted by Crippen LogP contribution is -2.33. The zero-order valence-electron chi connectivity index (χ0n) is 14.5. The van der Waals surface area contributed by atoms with Crippen LogP contribution in [0.3, 0.4) is 0 Å². The van der Waals surface area contributed by atoms with E-state index in [1.807, 2.05) is 45.0 Å². The summed E-state index contributed by atoms with van der Waals surface area (Å²) in [5, 5.41) is 8.40. The zero-order chi connectivity index (χ0) is 18.0. The van der Waals surface area contributed by atoms with Crippen LogP contribution in [0.15, 0.2) is 42.5 Å². The molecule has 3 rings (SSSR count). The van der Waals surface area contributed by atoms with Gasteiger partial charge in [0.1, 0.15) is 12.4 Å². The van der Waals surface area contributed by atoms with Gasteiger partial charge in [-0.3, -0.25) is 4.79 Å². The number of ether oxygens (including phenoxy) is 1. The summed E-state index contributed by atoms with van der Waals surface area (Å²) < 4.78 is 5.74. The predicted molar refractivity (Wildman–Crippen MR) is 98.2 cm³/mol. The summed E-state index contributed by atoms with van der Waals surface area (Å²) in [6.45, 7) is 5.87. The molecule has 6 nitrogen and oxygen atoms in total. The number of fused-ring (bicyclic) bond motifs is 1. The van der Waals surface area contributed by atoms with Crippen LogP contribution in [-0.2, 0) is 4.79 Å². The van der Waals surface area contributed by atoms with Crippen molar-refractivity contribution in [3.8, 4) is 5.75 Å². The van der Waals surface area contributed by atoms with E-state index in [4.69, 9.17) is 4.74 Å². The first-order valence-corrected chi connectivity index (χ1v) is 8.06. The highest BCUT2D eigenvalue weighted by Crippen LogP contribution is 2.34. The maximum atomic E-state index is 12.2. The van der Waals surface area contributed by atoms with Gasteiger partial charge in [0.2, 0.25) is 5.91 Å². The maximum Gasteiger partial charge on any atom is 0.323 e. The van der Waals surface area contributed by atoms with Crippen LogP contribution in [0.4, 0.5) is 21.9 Å². The normalized spacial score (nSPS) is 15.2. The molecule has 0 bridgehead atoms. The van der Waals surface area contributed by atoms with E-state index >= 15 is 0 Å². The minimum atomic E-state index is -0.616. The molecule has 0 unspecified atom stereocenters. The highest BCUT2D eigenvalue weighted by Gasteiger charge is 2.32. The second-order valence-electron chi connectivity index (χ2n) is 6.79. The van der Waals surface area contributed by atoms with Gasteiger partial charge in [-0.25, -0.2) is 4.79 Å². The number of benzene rings is 2. The molecule has 0 spiro atoms. The van der Waals surface area contributed by atoms with E-state index in [1.54, 1.807) is 18.2 Å². The van der Waals surface area contributed by atoms with Crippen LogP contribution >= 0.6 is 0 Å². The maximum absolute atomic E-state index is 12.2. The Kier molecular flexibility index (Phi) is 4.35. The predicted octanol–water partition coefficient (Wildman–Crippen LogP) is 4.00. The molecule has 130 valence electrons. The van der Waals surface area contributed by atoms with Crippen LogP contribution in [0, 0.1) is 12.3 Å². The second kappa shape index (κ2) is 6.47. The lowest BCUT2D eigenvalue weighted by molar-refractivity contribution is -0.124. The Bertz CT molecular complexity index is 830. The van der Waals surface area contributed by atoms with Gasteiger partial charge >= 0.3 is 6.03 Å². The molecule has 3 amide bonds. The Morgan fingerprint density at radius 1 is 1.12 bits per heavy atom. The number of nitrogens with one attached hydrogen (secondary N) is 3. The molecule has 0 saturated heterocycles. The number of hydrogen-bond acceptors (Lipinski definition) is 3. The van der Waals surface area contributed by atoms with Gasteiger partial charge < -0.3 is 20.7 Å². The third kappa shape index (κ3) is 3.91. The van der Waals surface area contributed by atoms with Crippen molar-refractivity contribution < 1.29 is 14.3 Å². The van der Waals surface area contributed by atoms with Crippen LogP contribution < -0.4 is 20.7 Å². The van der Waals surface area contributed by atoms with Gasteiger partial charge in [0.05, 0.1) is 11.1 Å².